The minimum Gasteiger partial charge on any atom is -0.495 e. The Labute approximate surface area is 336 Å². The van der Waals surface area contributed by atoms with Crippen LogP contribution in [0, 0.1) is 50.7 Å². The van der Waals surface area contributed by atoms with Crippen molar-refractivity contribution in [3.63, 3.8) is 0 Å². The van der Waals surface area contributed by atoms with Crippen LogP contribution in [0.15, 0.2) is 60.2 Å². The number of fused-ring (bicyclic) bond motifs is 3. The van der Waals surface area contributed by atoms with Crippen molar-refractivity contribution in [2.45, 2.75) is 159 Å². The van der Waals surface area contributed by atoms with Crippen LogP contribution < -0.4 is 11.2 Å². The summed E-state index contributed by atoms with van der Waals surface area (Å²) in [6, 6.07) is 3.80. The fraction of sp³-hybridized carbons (Fsp3) is 0.750. The van der Waals surface area contributed by atoms with Crippen molar-refractivity contribution < 1.29 is 14.2 Å². The predicted molar refractivity (Wildman–Crippen MR) is 231 cm³/mol. The molecule has 3 N–H and O–H groups in total. The number of allylic oxidation sites excluding steroid dienone is 3. The first kappa shape index (κ1) is 45.2. The molecule has 4 aliphatic rings. The van der Waals surface area contributed by atoms with Crippen molar-refractivity contribution in [3.05, 3.63) is 60.7 Å². The van der Waals surface area contributed by atoms with Crippen molar-refractivity contribution in [3.8, 4) is 0 Å². The number of rotatable bonds is 14. The Hall–Kier alpha value is -2.48. The monoisotopic (exact) mass is 761 g/mol. The van der Waals surface area contributed by atoms with Crippen LogP contribution in [0.1, 0.15) is 147 Å². The number of hydrazone groups is 1. The highest BCUT2D eigenvalue weighted by atomic mass is 16.5. The summed E-state index contributed by atoms with van der Waals surface area (Å²) < 4.78 is 19.5. The lowest BCUT2D eigenvalue weighted by Gasteiger charge is -2.67. The van der Waals surface area contributed by atoms with Crippen LogP contribution in [0.4, 0.5) is 0 Å². The Balaban J connectivity index is 0.000000437. The molecule has 7 nitrogen and oxygen atoms in total. The number of methoxy groups -OCH3 is 1. The van der Waals surface area contributed by atoms with Gasteiger partial charge in [0.1, 0.15) is 5.60 Å². The molecule has 55 heavy (non-hydrogen) atoms. The summed E-state index contributed by atoms with van der Waals surface area (Å²) in [5.74, 6) is 2.24. The fourth-order valence-corrected chi connectivity index (χ4v) is 11.0. The number of ether oxygens (including phenoxy) is 3. The van der Waals surface area contributed by atoms with E-state index in [9.17, 15) is 0 Å². The lowest BCUT2D eigenvalue weighted by atomic mass is 9.39. The molecule has 0 saturated heterocycles. The van der Waals surface area contributed by atoms with Crippen molar-refractivity contribution in [2.75, 3.05) is 20.3 Å². The summed E-state index contributed by atoms with van der Waals surface area (Å²) in [4.78, 5) is 3.98. The zero-order valence-electron chi connectivity index (χ0n) is 37.5. The number of nitrogens with two attached hydrogens (primary N) is 1. The fourth-order valence-electron chi connectivity index (χ4n) is 11.0. The van der Waals surface area contributed by atoms with Gasteiger partial charge in [-0.3, -0.25) is 10.4 Å². The predicted octanol–water partition coefficient (Wildman–Crippen LogP) is 11.4. The van der Waals surface area contributed by atoms with Crippen molar-refractivity contribution in [1.82, 2.24) is 10.4 Å². The minimum atomic E-state index is -0.406. The van der Waals surface area contributed by atoms with E-state index < -0.39 is 5.54 Å². The summed E-state index contributed by atoms with van der Waals surface area (Å²) in [5, 5.41) is 3.96. The second-order valence-corrected chi connectivity index (χ2v) is 20.4. The lowest BCUT2D eigenvalue weighted by Crippen LogP contribution is -2.62. The van der Waals surface area contributed by atoms with Crippen LogP contribution in [-0.2, 0) is 14.2 Å². The summed E-state index contributed by atoms with van der Waals surface area (Å²) in [6.45, 7) is 35.5. The van der Waals surface area contributed by atoms with Crippen molar-refractivity contribution in [1.29, 1.82) is 0 Å². The SMILES string of the molecule is C=C(N/N=C\CC)c1cccnc1.CCC(OC[C@](C)(N)C(C)(C)C)[C@@](C)(COC)C1CCC2C(=CC[C@]34C=CO[C@]([C@H](C)C(C)C)(CCC23C)C4)C1(C)C. The second kappa shape index (κ2) is 17.2. The van der Waals surface area contributed by atoms with Gasteiger partial charge in [0.05, 0.1) is 31.3 Å². The van der Waals surface area contributed by atoms with Gasteiger partial charge in [0, 0.05) is 47.7 Å². The molecule has 4 unspecified atom stereocenters. The molecule has 1 aliphatic heterocycles. The number of nitrogens with one attached hydrogen (secondary N) is 1. The molecular weight excluding hydrogens is 681 g/mol. The Morgan fingerprint density at radius 3 is 2.40 bits per heavy atom. The third-order valence-electron chi connectivity index (χ3n) is 15.7. The maximum atomic E-state index is 6.85. The number of nitrogens with zero attached hydrogens (tertiary/aromatic N) is 2. The Morgan fingerprint density at radius 2 is 1.82 bits per heavy atom. The minimum absolute atomic E-state index is 0.0201. The van der Waals surface area contributed by atoms with Gasteiger partial charge < -0.3 is 19.9 Å². The van der Waals surface area contributed by atoms with Crippen LogP contribution in [0.2, 0.25) is 0 Å². The van der Waals surface area contributed by atoms with E-state index in [1.54, 1.807) is 24.2 Å². The standard InChI is InChI=1S/C38H67NO3.C10H13N3/c1-14-31(41-25-36(12,39)32(5,6)7)34(10,24-40-13)30-16-15-29-28(33(30,8)9)17-18-37-21-22-42-38(23-37,27(4)26(2)3)20-19-35(29,37)11;1-3-6-12-13-9(2)10-5-4-7-11-8-10/h17,21-22,26-27,29-31H,14-16,18-20,23-25,39H2,1-13H3;4-8,13H,2-3H2,1H3/b;12-6-/t27-,29?,30?,31?,34+,35?,36+,37-,38-;/m1./s1. The third kappa shape index (κ3) is 8.70. The van der Waals surface area contributed by atoms with Gasteiger partial charge in [0.25, 0.3) is 0 Å². The van der Waals surface area contributed by atoms with Crippen LogP contribution >= 0.6 is 0 Å². The molecule has 310 valence electrons. The van der Waals surface area contributed by atoms with E-state index in [0.717, 1.165) is 36.9 Å². The molecule has 1 aromatic heterocycles. The van der Waals surface area contributed by atoms with Crippen LogP contribution in [0.3, 0.4) is 0 Å². The first-order valence-electron chi connectivity index (χ1n) is 21.4. The van der Waals surface area contributed by atoms with E-state index in [2.05, 4.69) is 124 Å². The van der Waals surface area contributed by atoms with Crippen molar-refractivity contribution >= 4 is 11.9 Å². The van der Waals surface area contributed by atoms with Gasteiger partial charge in [-0.15, -0.1) is 0 Å². The molecule has 7 heteroatoms. The summed E-state index contributed by atoms with van der Waals surface area (Å²) in [5.41, 5.74) is 13.0. The highest BCUT2D eigenvalue weighted by Crippen LogP contribution is 2.71. The topological polar surface area (TPSA) is 91.0 Å². The smallest absolute Gasteiger partial charge is 0.112 e. The lowest BCUT2D eigenvalue weighted by molar-refractivity contribution is -0.180. The van der Waals surface area contributed by atoms with E-state index in [1.807, 2.05) is 26.2 Å². The van der Waals surface area contributed by atoms with Crippen LogP contribution in [0.5, 0.6) is 0 Å². The van der Waals surface area contributed by atoms with Gasteiger partial charge in [-0.1, -0.05) is 101 Å². The molecule has 2 saturated carbocycles. The maximum absolute atomic E-state index is 6.85. The molecule has 9 atom stereocenters. The molecule has 0 aromatic carbocycles. The molecule has 2 fully saturated rings. The van der Waals surface area contributed by atoms with E-state index in [1.165, 1.54) is 25.7 Å². The van der Waals surface area contributed by atoms with Gasteiger partial charge >= 0.3 is 0 Å². The van der Waals surface area contributed by atoms with Crippen molar-refractivity contribution in [2.24, 2.45) is 61.6 Å². The summed E-state index contributed by atoms with van der Waals surface area (Å²) >= 11 is 0. The average Bonchev–Trinajstić information content (AvgIpc) is 3.12. The molecule has 2 bridgehead atoms. The van der Waals surface area contributed by atoms with Gasteiger partial charge in [0.15, 0.2) is 0 Å². The molecule has 2 heterocycles. The first-order chi connectivity index (χ1) is 25.6. The number of hydrogen-bond acceptors (Lipinski definition) is 7. The van der Waals surface area contributed by atoms with Gasteiger partial charge in [0.2, 0.25) is 0 Å². The van der Waals surface area contributed by atoms with E-state index in [4.69, 9.17) is 19.9 Å². The van der Waals surface area contributed by atoms with Crippen LogP contribution in [0.25, 0.3) is 5.70 Å². The number of hydrogen-bond donors (Lipinski definition) is 2. The molecule has 3 aliphatic carbocycles. The zero-order chi connectivity index (χ0) is 41.1. The highest BCUT2D eigenvalue weighted by molar-refractivity contribution is 5.63. The Morgan fingerprint density at radius 1 is 1.11 bits per heavy atom. The number of pyridine rings is 1. The maximum Gasteiger partial charge on any atom is 0.112 e. The largest absolute Gasteiger partial charge is 0.495 e. The molecular formula is C48H80N4O3. The summed E-state index contributed by atoms with van der Waals surface area (Å²) in [7, 11) is 1.86. The van der Waals surface area contributed by atoms with E-state index >= 15 is 0 Å². The highest BCUT2D eigenvalue weighted by Gasteiger charge is 2.66. The van der Waals surface area contributed by atoms with E-state index in [-0.39, 0.29) is 38.8 Å². The molecule has 1 spiro atoms. The average molecular weight is 761 g/mol. The molecule has 5 rings (SSSR count). The second-order valence-electron chi connectivity index (χ2n) is 20.4. The normalized spacial score (nSPS) is 31.7. The van der Waals surface area contributed by atoms with Gasteiger partial charge in [-0.25, -0.2) is 0 Å². The molecule has 0 amide bonds. The first-order valence-corrected chi connectivity index (χ1v) is 21.4. The van der Waals surface area contributed by atoms with Gasteiger partial charge in [-0.05, 0) is 116 Å². The molecule has 1 aromatic rings. The Bertz CT molecular complexity index is 1520. The Kier molecular flexibility index (Phi) is 14.1. The number of aromatic nitrogens is 1. The zero-order valence-corrected chi connectivity index (χ0v) is 37.5. The third-order valence-corrected chi connectivity index (χ3v) is 15.7. The molecule has 0 radical (unpaired) electrons. The van der Waals surface area contributed by atoms with Crippen LogP contribution in [-0.4, -0.2) is 48.8 Å². The quantitative estimate of drug-likeness (QED) is 0.111. The van der Waals surface area contributed by atoms with E-state index in [0.29, 0.717) is 36.9 Å². The summed E-state index contributed by atoms with van der Waals surface area (Å²) in [6.07, 6.45) is 21.6. The van der Waals surface area contributed by atoms with Gasteiger partial charge in [-0.2, -0.15) is 5.10 Å².